The number of hydrogen-bond acceptors (Lipinski definition) is 3. The summed E-state index contributed by atoms with van der Waals surface area (Å²) < 4.78 is 13.8. The monoisotopic (exact) mass is 211 g/mol. The summed E-state index contributed by atoms with van der Waals surface area (Å²) in [7, 11) is 0. The fraction of sp³-hybridized carbons (Fsp3) is 0. The summed E-state index contributed by atoms with van der Waals surface area (Å²) in [5, 5.41) is 10.2. The number of halogens is 1. The van der Waals surface area contributed by atoms with Gasteiger partial charge in [0.05, 0.1) is 5.56 Å². The van der Waals surface area contributed by atoms with Crippen molar-refractivity contribution < 1.29 is 14.3 Å². The first-order valence-corrected chi connectivity index (χ1v) is 4.67. The minimum atomic E-state index is -1.17. The second-order valence-electron chi connectivity index (χ2n) is 2.83. The molecular weight excluding hydrogens is 205 g/mol. The number of nitrogen functional groups attached to an aromatic ring is 1. The Morgan fingerprint density at radius 3 is 2.86 bits per heavy atom. The van der Waals surface area contributed by atoms with Gasteiger partial charge in [0.1, 0.15) is 5.82 Å². The number of thiophene rings is 1. The molecule has 0 atom stereocenters. The van der Waals surface area contributed by atoms with Crippen molar-refractivity contribution in [1.29, 1.82) is 0 Å². The Labute approximate surface area is 82.6 Å². The summed E-state index contributed by atoms with van der Waals surface area (Å²) in [5.74, 6) is -1.68. The predicted octanol–water partition coefficient (Wildman–Crippen LogP) is 2.32. The number of anilines is 1. The zero-order chi connectivity index (χ0) is 10.3. The van der Waals surface area contributed by atoms with Gasteiger partial charge in [0.25, 0.3) is 0 Å². The molecule has 0 saturated carbocycles. The van der Waals surface area contributed by atoms with Crippen molar-refractivity contribution in [3.8, 4) is 0 Å². The molecule has 2 rings (SSSR count). The molecule has 3 nitrogen and oxygen atoms in total. The van der Waals surface area contributed by atoms with E-state index in [1.54, 1.807) is 6.07 Å². The van der Waals surface area contributed by atoms with Crippen molar-refractivity contribution in [1.82, 2.24) is 0 Å². The van der Waals surface area contributed by atoms with Crippen LogP contribution >= 0.6 is 11.3 Å². The lowest BCUT2D eigenvalue weighted by atomic mass is 10.1. The topological polar surface area (TPSA) is 63.3 Å². The molecule has 0 aliphatic heterocycles. The van der Waals surface area contributed by atoms with Gasteiger partial charge < -0.3 is 10.8 Å². The number of carboxylic acid groups (broad SMARTS) is 1. The molecule has 0 amide bonds. The minimum absolute atomic E-state index is 0.0845. The quantitative estimate of drug-likeness (QED) is 0.711. The fourth-order valence-electron chi connectivity index (χ4n) is 1.32. The van der Waals surface area contributed by atoms with Crippen LogP contribution in [-0.2, 0) is 0 Å². The van der Waals surface area contributed by atoms with Gasteiger partial charge in [0.15, 0.2) is 0 Å². The first-order chi connectivity index (χ1) is 6.59. The number of benzene rings is 1. The SMILES string of the molecule is Nc1cc(C(=O)O)c2c(F)csc2c1. The highest BCUT2D eigenvalue weighted by Gasteiger charge is 2.14. The Balaban J connectivity index is 2.90. The molecule has 3 N–H and O–H groups in total. The molecule has 14 heavy (non-hydrogen) atoms. The van der Waals surface area contributed by atoms with Crippen LogP contribution in [0.5, 0.6) is 0 Å². The Bertz CT molecular complexity index is 521. The molecule has 72 valence electrons. The van der Waals surface area contributed by atoms with E-state index in [1.165, 1.54) is 11.4 Å². The number of fused-ring (bicyclic) bond motifs is 1. The van der Waals surface area contributed by atoms with E-state index in [2.05, 4.69) is 0 Å². The number of carbonyl (C=O) groups is 1. The van der Waals surface area contributed by atoms with Crippen molar-refractivity contribution in [3.05, 3.63) is 28.9 Å². The van der Waals surface area contributed by atoms with Crippen LogP contribution in [0.1, 0.15) is 10.4 Å². The Morgan fingerprint density at radius 1 is 1.50 bits per heavy atom. The van der Waals surface area contributed by atoms with Crippen LogP contribution < -0.4 is 5.73 Å². The predicted molar refractivity (Wildman–Crippen MR) is 53.2 cm³/mol. The van der Waals surface area contributed by atoms with E-state index < -0.39 is 11.8 Å². The van der Waals surface area contributed by atoms with Gasteiger partial charge in [-0.1, -0.05) is 0 Å². The van der Waals surface area contributed by atoms with Crippen molar-refractivity contribution in [2.24, 2.45) is 0 Å². The maximum Gasteiger partial charge on any atom is 0.336 e. The van der Waals surface area contributed by atoms with Crippen LogP contribution in [0.3, 0.4) is 0 Å². The molecule has 0 aliphatic carbocycles. The smallest absolute Gasteiger partial charge is 0.336 e. The maximum atomic E-state index is 13.2. The maximum absolute atomic E-state index is 13.2. The van der Waals surface area contributed by atoms with Gasteiger partial charge in [0.2, 0.25) is 0 Å². The van der Waals surface area contributed by atoms with E-state index in [1.807, 2.05) is 0 Å². The van der Waals surface area contributed by atoms with Crippen LogP contribution in [0.15, 0.2) is 17.5 Å². The number of rotatable bonds is 1. The highest BCUT2D eigenvalue weighted by molar-refractivity contribution is 7.17. The molecule has 0 unspecified atom stereocenters. The van der Waals surface area contributed by atoms with E-state index >= 15 is 0 Å². The summed E-state index contributed by atoms with van der Waals surface area (Å²) in [6.45, 7) is 0. The number of hydrogen-bond donors (Lipinski definition) is 2. The fourth-order valence-corrected chi connectivity index (χ4v) is 2.20. The lowest BCUT2D eigenvalue weighted by Crippen LogP contribution is -1.99. The molecule has 0 saturated heterocycles. The van der Waals surface area contributed by atoms with Crippen LogP contribution in [-0.4, -0.2) is 11.1 Å². The van der Waals surface area contributed by atoms with E-state index in [0.29, 0.717) is 10.4 Å². The molecule has 2 aromatic rings. The minimum Gasteiger partial charge on any atom is -0.478 e. The molecule has 0 aliphatic rings. The molecule has 1 aromatic heterocycles. The highest BCUT2D eigenvalue weighted by atomic mass is 32.1. The second-order valence-corrected chi connectivity index (χ2v) is 3.74. The van der Waals surface area contributed by atoms with Gasteiger partial charge in [-0.25, -0.2) is 9.18 Å². The van der Waals surface area contributed by atoms with Crippen LogP contribution in [0, 0.1) is 5.82 Å². The van der Waals surface area contributed by atoms with Crippen LogP contribution in [0.4, 0.5) is 10.1 Å². The lowest BCUT2D eigenvalue weighted by molar-refractivity contribution is 0.0699. The summed E-state index contributed by atoms with van der Waals surface area (Å²) in [5.41, 5.74) is 5.74. The van der Waals surface area contributed by atoms with E-state index in [9.17, 15) is 9.18 Å². The van der Waals surface area contributed by atoms with E-state index in [0.717, 1.165) is 11.3 Å². The van der Waals surface area contributed by atoms with Crippen LogP contribution in [0.2, 0.25) is 0 Å². The average molecular weight is 211 g/mol. The Kier molecular flexibility index (Phi) is 1.89. The van der Waals surface area contributed by atoms with Gasteiger partial charge in [-0.2, -0.15) is 0 Å². The summed E-state index contributed by atoms with van der Waals surface area (Å²) in [4.78, 5) is 10.8. The Morgan fingerprint density at radius 2 is 2.21 bits per heavy atom. The molecule has 0 fully saturated rings. The standard InChI is InChI=1S/C9H6FNO2S/c10-6-3-14-7-2-4(11)1-5(8(6)7)9(12)13/h1-3H,11H2,(H,12,13). The average Bonchev–Trinajstić information content (AvgIpc) is 2.46. The molecule has 5 heteroatoms. The van der Waals surface area contributed by atoms with Crippen molar-refractivity contribution >= 4 is 33.1 Å². The highest BCUT2D eigenvalue weighted by Crippen LogP contribution is 2.30. The summed E-state index contributed by atoms with van der Waals surface area (Å²) in [6, 6.07) is 2.83. The zero-order valence-electron chi connectivity index (χ0n) is 6.95. The van der Waals surface area contributed by atoms with Gasteiger partial charge in [-0.3, -0.25) is 0 Å². The second kappa shape index (κ2) is 2.95. The number of aromatic carboxylic acids is 1. The first kappa shape index (κ1) is 8.96. The largest absolute Gasteiger partial charge is 0.478 e. The lowest BCUT2D eigenvalue weighted by Gasteiger charge is -1.99. The number of carboxylic acids is 1. The van der Waals surface area contributed by atoms with Gasteiger partial charge in [0, 0.05) is 21.2 Å². The van der Waals surface area contributed by atoms with Crippen molar-refractivity contribution in [2.45, 2.75) is 0 Å². The normalized spacial score (nSPS) is 10.6. The molecule has 1 aromatic carbocycles. The van der Waals surface area contributed by atoms with E-state index in [4.69, 9.17) is 10.8 Å². The van der Waals surface area contributed by atoms with E-state index in [-0.39, 0.29) is 10.9 Å². The molecular formula is C9H6FNO2S. The van der Waals surface area contributed by atoms with Gasteiger partial charge in [-0.15, -0.1) is 11.3 Å². The van der Waals surface area contributed by atoms with Gasteiger partial charge in [-0.05, 0) is 12.1 Å². The zero-order valence-corrected chi connectivity index (χ0v) is 7.77. The molecule has 1 heterocycles. The van der Waals surface area contributed by atoms with Crippen LogP contribution in [0.25, 0.3) is 10.1 Å². The summed E-state index contributed by atoms with van der Waals surface area (Å²) in [6.07, 6.45) is 0. The van der Waals surface area contributed by atoms with Crippen molar-refractivity contribution in [3.63, 3.8) is 0 Å². The number of nitrogens with two attached hydrogens (primary N) is 1. The molecule has 0 spiro atoms. The third-order valence-electron chi connectivity index (χ3n) is 1.88. The molecule has 0 radical (unpaired) electrons. The molecule has 0 bridgehead atoms. The Hall–Kier alpha value is -1.62. The first-order valence-electron chi connectivity index (χ1n) is 3.79. The van der Waals surface area contributed by atoms with Gasteiger partial charge >= 0.3 is 5.97 Å². The third-order valence-corrected chi connectivity index (χ3v) is 2.78. The van der Waals surface area contributed by atoms with Crippen molar-refractivity contribution in [2.75, 3.05) is 5.73 Å². The third kappa shape index (κ3) is 1.22. The summed E-state index contributed by atoms with van der Waals surface area (Å²) >= 11 is 1.14.